The number of amides is 1. The molecule has 1 amide bonds. The molecule has 0 saturated carbocycles. The predicted molar refractivity (Wildman–Crippen MR) is 104 cm³/mol. The van der Waals surface area contributed by atoms with E-state index in [1.165, 1.54) is 6.07 Å². The van der Waals surface area contributed by atoms with Crippen LogP contribution in [0.4, 0.5) is 5.69 Å². The molecule has 0 bridgehead atoms. The van der Waals surface area contributed by atoms with Gasteiger partial charge in [-0.3, -0.25) is 9.59 Å². The van der Waals surface area contributed by atoms with E-state index in [1.54, 1.807) is 41.9 Å². The van der Waals surface area contributed by atoms with Gasteiger partial charge in [-0.25, -0.2) is 4.79 Å². The maximum Gasteiger partial charge on any atom is 0.356 e. The second-order valence-corrected chi connectivity index (χ2v) is 6.47. The van der Waals surface area contributed by atoms with Gasteiger partial charge in [-0.15, -0.1) is 0 Å². The van der Waals surface area contributed by atoms with Crippen LogP contribution < -0.4 is 10.9 Å². The largest absolute Gasteiger partial charge is 0.476 e. The molecule has 2 aromatic carbocycles. The topological polar surface area (TPSA) is 106 Å². The van der Waals surface area contributed by atoms with Crippen LogP contribution in [-0.2, 0) is 7.05 Å². The van der Waals surface area contributed by atoms with Crippen LogP contribution in [0.2, 0.25) is 0 Å². The van der Waals surface area contributed by atoms with E-state index in [2.05, 4.69) is 10.4 Å². The minimum Gasteiger partial charge on any atom is -0.476 e. The van der Waals surface area contributed by atoms with Crippen molar-refractivity contribution in [2.75, 3.05) is 5.32 Å². The Labute approximate surface area is 158 Å². The molecule has 4 rings (SSSR count). The molecular weight excluding hydrogens is 360 g/mol. The fourth-order valence-electron chi connectivity index (χ4n) is 3.21. The van der Waals surface area contributed by atoms with Gasteiger partial charge < -0.3 is 15.0 Å². The number of fused-ring (bicyclic) bond motifs is 2. The molecular formula is C20H16N4O4. The van der Waals surface area contributed by atoms with Crippen molar-refractivity contribution in [3.05, 3.63) is 75.7 Å². The van der Waals surface area contributed by atoms with Crippen LogP contribution in [0.1, 0.15) is 26.4 Å². The molecule has 0 aliphatic rings. The molecule has 0 saturated heterocycles. The molecule has 2 aromatic heterocycles. The second-order valence-electron chi connectivity index (χ2n) is 6.47. The number of hydrogen-bond donors (Lipinski definition) is 2. The lowest BCUT2D eigenvalue weighted by Gasteiger charge is -2.11. The van der Waals surface area contributed by atoms with Gasteiger partial charge in [-0.1, -0.05) is 18.2 Å². The monoisotopic (exact) mass is 376 g/mol. The Kier molecular flexibility index (Phi) is 3.96. The Balaban J connectivity index is 1.83. The molecule has 8 heteroatoms. The molecule has 0 aliphatic heterocycles. The zero-order valence-corrected chi connectivity index (χ0v) is 15.1. The summed E-state index contributed by atoms with van der Waals surface area (Å²) >= 11 is 0. The van der Waals surface area contributed by atoms with Crippen molar-refractivity contribution < 1.29 is 14.7 Å². The van der Waals surface area contributed by atoms with Crippen molar-refractivity contribution in [1.82, 2.24) is 14.2 Å². The Hall–Kier alpha value is -3.94. The van der Waals surface area contributed by atoms with Crippen molar-refractivity contribution in [3.8, 4) is 0 Å². The summed E-state index contributed by atoms with van der Waals surface area (Å²) in [4.78, 5) is 36.5. The highest BCUT2D eigenvalue weighted by atomic mass is 16.4. The summed E-state index contributed by atoms with van der Waals surface area (Å²) in [5, 5.41) is 16.1. The van der Waals surface area contributed by atoms with E-state index in [-0.39, 0.29) is 11.6 Å². The van der Waals surface area contributed by atoms with Crippen LogP contribution in [0.3, 0.4) is 0 Å². The summed E-state index contributed by atoms with van der Waals surface area (Å²) in [5.41, 5.74) is 2.15. The minimum atomic E-state index is -1.21. The summed E-state index contributed by atoms with van der Waals surface area (Å²) < 4.78 is 2.74. The molecule has 0 spiro atoms. The number of carbonyl (C=O) groups is 2. The summed E-state index contributed by atoms with van der Waals surface area (Å²) in [6.45, 7) is 1.85. The smallest absolute Gasteiger partial charge is 0.356 e. The molecule has 140 valence electrons. The molecule has 8 nitrogen and oxygen atoms in total. The van der Waals surface area contributed by atoms with E-state index < -0.39 is 11.5 Å². The number of aromatic nitrogens is 3. The maximum atomic E-state index is 12.8. The average molecular weight is 376 g/mol. The highest BCUT2D eigenvalue weighted by Gasteiger charge is 2.16. The zero-order chi connectivity index (χ0) is 20.0. The van der Waals surface area contributed by atoms with Gasteiger partial charge in [0.1, 0.15) is 5.65 Å². The van der Waals surface area contributed by atoms with Crippen molar-refractivity contribution >= 4 is 34.1 Å². The van der Waals surface area contributed by atoms with Gasteiger partial charge in [-0.05, 0) is 36.8 Å². The lowest BCUT2D eigenvalue weighted by atomic mass is 10.1. The SMILES string of the molecule is Cc1ccccc1C(=O)Nc1ccc2c(c1)c(=O)n1nc(C(=O)O)cc1n2C. The second kappa shape index (κ2) is 6.34. The van der Waals surface area contributed by atoms with Crippen molar-refractivity contribution in [2.45, 2.75) is 6.92 Å². The van der Waals surface area contributed by atoms with Crippen molar-refractivity contribution in [3.63, 3.8) is 0 Å². The van der Waals surface area contributed by atoms with E-state index in [9.17, 15) is 14.4 Å². The van der Waals surface area contributed by atoms with E-state index >= 15 is 0 Å². The number of nitrogens with zero attached hydrogens (tertiary/aromatic N) is 3. The van der Waals surface area contributed by atoms with E-state index in [0.717, 1.165) is 10.1 Å². The first-order chi connectivity index (χ1) is 13.4. The first-order valence-corrected chi connectivity index (χ1v) is 8.49. The summed E-state index contributed by atoms with van der Waals surface area (Å²) in [6.07, 6.45) is 0. The first-order valence-electron chi connectivity index (χ1n) is 8.49. The minimum absolute atomic E-state index is 0.212. The highest BCUT2D eigenvalue weighted by Crippen LogP contribution is 2.19. The van der Waals surface area contributed by atoms with Crippen LogP contribution in [0.15, 0.2) is 53.3 Å². The van der Waals surface area contributed by atoms with Gasteiger partial charge in [0, 0.05) is 24.4 Å². The molecule has 0 atom stereocenters. The lowest BCUT2D eigenvalue weighted by molar-refractivity contribution is 0.0690. The molecule has 28 heavy (non-hydrogen) atoms. The molecule has 0 radical (unpaired) electrons. The quantitative estimate of drug-likeness (QED) is 0.571. The zero-order valence-electron chi connectivity index (χ0n) is 15.1. The lowest BCUT2D eigenvalue weighted by Crippen LogP contribution is -2.19. The third-order valence-corrected chi connectivity index (χ3v) is 4.68. The van der Waals surface area contributed by atoms with Gasteiger partial charge in [-0.2, -0.15) is 9.61 Å². The number of nitrogens with one attached hydrogen (secondary N) is 1. The number of carboxylic acids is 1. The number of anilines is 1. The average Bonchev–Trinajstić information content (AvgIpc) is 3.13. The maximum absolute atomic E-state index is 12.8. The third kappa shape index (κ3) is 2.71. The predicted octanol–water partition coefficient (Wildman–Crippen LogP) is 2.45. The number of hydrogen-bond acceptors (Lipinski definition) is 4. The summed E-state index contributed by atoms with van der Waals surface area (Å²) in [6, 6.07) is 13.5. The van der Waals surface area contributed by atoms with Gasteiger partial charge in [0.05, 0.1) is 10.9 Å². The Bertz CT molecular complexity index is 1330. The van der Waals surface area contributed by atoms with E-state index in [1.807, 2.05) is 19.1 Å². The Morgan fingerprint density at radius 3 is 2.57 bits per heavy atom. The normalized spacial score (nSPS) is 11.1. The van der Waals surface area contributed by atoms with Gasteiger partial charge >= 0.3 is 5.97 Å². The van der Waals surface area contributed by atoms with Crippen LogP contribution >= 0.6 is 0 Å². The highest BCUT2D eigenvalue weighted by molar-refractivity contribution is 6.06. The standard InChI is InChI=1S/C20H16N4O4/c1-11-5-3-4-6-13(11)18(25)21-12-7-8-16-14(9-12)19(26)24-17(23(16)2)10-15(22-24)20(27)28/h3-10H,1-2H3,(H,21,25)(H,27,28). The number of rotatable bonds is 3. The van der Waals surface area contributed by atoms with Crippen molar-refractivity contribution in [2.24, 2.45) is 7.05 Å². The molecule has 2 N–H and O–H groups in total. The Morgan fingerprint density at radius 2 is 1.86 bits per heavy atom. The van der Waals surface area contributed by atoms with Gasteiger partial charge in [0.25, 0.3) is 11.5 Å². The van der Waals surface area contributed by atoms with Gasteiger partial charge in [0.15, 0.2) is 5.69 Å². The van der Waals surface area contributed by atoms with E-state index in [4.69, 9.17) is 5.11 Å². The number of aromatic carboxylic acids is 1. The molecule has 4 aromatic rings. The van der Waals surface area contributed by atoms with Crippen LogP contribution in [-0.4, -0.2) is 31.2 Å². The number of benzene rings is 2. The first kappa shape index (κ1) is 17.5. The van der Waals surface area contributed by atoms with Crippen LogP contribution in [0, 0.1) is 6.92 Å². The van der Waals surface area contributed by atoms with Crippen LogP contribution in [0.25, 0.3) is 16.6 Å². The van der Waals surface area contributed by atoms with E-state index in [0.29, 0.717) is 27.8 Å². The summed E-state index contributed by atoms with van der Waals surface area (Å²) in [7, 11) is 1.72. The van der Waals surface area contributed by atoms with Gasteiger partial charge in [0.2, 0.25) is 0 Å². The number of carboxylic acid groups (broad SMARTS) is 1. The molecule has 2 heterocycles. The molecule has 0 unspecified atom stereocenters. The fraction of sp³-hybridized carbons (Fsp3) is 0.100. The van der Waals surface area contributed by atoms with Crippen LogP contribution in [0.5, 0.6) is 0 Å². The Morgan fingerprint density at radius 1 is 1.11 bits per heavy atom. The number of aryl methyl sites for hydroxylation is 2. The number of carbonyl (C=O) groups excluding carboxylic acids is 1. The molecule has 0 fully saturated rings. The summed E-state index contributed by atoms with van der Waals surface area (Å²) in [5.74, 6) is -1.49. The van der Waals surface area contributed by atoms with Crippen molar-refractivity contribution in [1.29, 1.82) is 0 Å². The molecule has 0 aliphatic carbocycles. The third-order valence-electron chi connectivity index (χ3n) is 4.68. The fourth-order valence-corrected chi connectivity index (χ4v) is 3.21.